The number of hydrogen-bond acceptors (Lipinski definition) is 2. The van der Waals surface area contributed by atoms with E-state index in [-0.39, 0.29) is 5.41 Å². The number of hydrogen-bond donors (Lipinski definition) is 2. The summed E-state index contributed by atoms with van der Waals surface area (Å²) in [6.45, 7) is 4.46. The Morgan fingerprint density at radius 2 is 1.72 bits per heavy atom. The molecule has 1 fully saturated rings. The lowest BCUT2D eigenvalue weighted by atomic mass is 9.93. The highest BCUT2D eigenvalue weighted by molar-refractivity contribution is 7.89. The SMILES string of the molecule is Cc1ccc(S(=O)(=O)NCC2(c3c(C)[nH]c4ccccc34)CC2)cc1. The van der Waals surface area contributed by atoms with Gasteiger partial charge < -0.3 is 4.98 Å². The Morgan fingerprint density at radius 1 is 1.04 bits per heavy atom. The molecule has 1 aromatic heterocycles. The van der Waals surface area contributed by atoms with Gasteiger partial charge in [-0.2, -0.15) is 0 Å². The van der Waals surface area contributed by atoms with Crippen LogP contribution < -0.4 is 4.72 Å². The maximum atomic E-state index is 12.6. The number of fused-ring (bicyclic) bond motifs is 1. The van der Waals surface area contributed by atoms with E-state index in [0.29, 0.717) is 11.4 Å². The predicted molar refractivity (Wildman–Crippen MR) is 100 cm³/mol. The van der Waals surface area contributed by atoms with Crippen LogP contribution in [-0.2, 0) is 15.4 Å². The van der Waals surface area contributed by atoms with Crippen molar-refractivity contribution < 1.29 is 8.42 Å². The number of aryl methyl sites for hydroxylation is 2. The normalized spacial score (nSPS) is 16.2. The molecule has 1 saturated carbocycles. The second kappa shape index (κ2) is 5.71. The molecule has 0 spiro atoms. The maximum absolute atomic E-state index is 12.6. The van der Waals surface area contributed by atoms with Gasteiger partial charge in [-0.1, -0.05) is 35.9 Å². The van der Waals surface area contributed by atoms with Gasteiger partial charge in [0.15, 0.2) is 0 Å². The first-order chi connectivity index (χ1) is 11.9. The molecule has 2 aromatic carbocycles. The molecule has 0 atom stereocenters. The molecule has 0 amide bonds. The van der Waals surface area contributed by atoms with Gasteiger partial charge in [0.1, 0.15) is 0 Å². The number of benzene rings is 2. The summed E-state index contributed by atoms with van der Waals surface area (Å²) >= 11 is 0. The number of aromatic amines is 1. The standard InChI is InChI=1S/C20H22N2O2S/c1-14-7-9-16(10-8-14)25(23,24)21-13-20(11-12-20)19-15(2)22-18-6-4-3-5-17(18)19/h3-10,21-22H,11-13H2,1-2H3. The molecule has 4 nitrogen and oxygen atoms in total. The molecule has 1 aliphatic carbocycles. The fraction of sp³-hybridized carbons (Fsp3) is 0.300. The van der Waals surface area contributed by atoms with Crippen LogP contribution in [0.2, 0.25) is 0 Å². The second-order valence-electron chi connectivity index (χ2n) is 7.09. The fourth-order valence-corrected chi connectivity index (χ4v) is 4.79. The van der Waals surface area contributed by atoms with Crippen LogP contribution in [0.1, 0.15) is 29.7 Å². The molecule has 5 heteroatoms. The highest BCUT2D eigenvalue weighted by Crippen LogP contribution is 2.51. The summed E-state index contributed by atoms with van der Waals surface area (Å²) in [7, 11) is -3.49. The van der Waals surface area contributed by atoms with Gasteiger partial charge in [0.25, 0.3) is 0 Å². The molecule has 0 unspecified atom stereocenters. The molecule has 3 aromatic rings. The summed E-state index contributed by atoms with van der Waals surface area (Å²) in [5.74, 6) is 0. The van der Waals surface area contributed by atoms with Crippen LogP contribution >= 0.6 is 0 Å². The second-order valence-corrected chi connectivity index (χ2v) is 8.86. The molecule has 25 heavy (non-hydrogen) atoms. The van der Waals surface area contributed by atoms with Crippen LogP contribution in [0.3, 0.4) is 0 Å². The smallest absolute Gasteiger partial charge is 0.240 e. The van der Waals surface area contributed by atoms with Gasteiger partial charge in [0, 0.05) is 28.6 Å². The van der Waals surface area contributed by atoms with E-state index in [1.807, 2.05) is 31.2 Å². The van der Waals surface area contributed by atoms with E-state index in [0.717, 1.165) is 29.6 Å². The van der Waals surface area contributed by atoms with E-state index in [1.165, 1.54) is 10.9 Å². The monoisotopic (exact) mass is 354 g/mol. The van der Waals surface area contributed by atoms with Crippen molar-refractivity contribution in [1.82, 2.24) is 9.71 Å². The van der Waals surface area contributed by atoms with Gasteiger partial charge in [-0.25, -0.2) is 13.1 Å². The molecule has 0 bridgehead atoms. The third kappa shape index (κ3) is 2.87. The van der Waals surface area contributed by atoms with Crippen LogP contribution in [0.5, 0.6) is 0 Å². The molecule has 4 rings (SSSR count). The van der Waals surface area contributed by atoms with Crippen molar-refractivity contribution in [3.05, 3.63) is 65.4 Å². The lowest BCUT2D eigenvalue weighted by Gasteiger charge is -2.17. The average Bonchev–Trinajstić information content (AvgIpc) is 3.29. The van der Waals surface area contributed by atoms with E-state index in [1.54, 1.807) is 12.1 Å². The maximum Gasteiger partial charge on any atom is 0.240 e. The first-order valence-electron chi connectivity index (χ1n) is 8.55. The Labute approximate surface area is 148 Å². The summed E-state index contributed by atoms with van der Waals surface area (Å²) in [5, 5.41) is 1.20. The Hall–Kier alpha value is -2.11. The van der Waals surface area contributed by atoms with Crippen LogP contribution in [0.25, 0.3) is 10.9 Å². The highest BCUT2D eigenvalue weighted by atomic mass is 32.2. The third-order valence-electron chi connectivity index (χ3n) is 5.21. The first-order valence-corrected chi connectivity index (χ1v) is 10.0. The van der Waals surface area contributed by atoms with Gasteiger partial charge in [-0.15, -0.1) is 0 Å². The van der Waals surface area contributed by atoms with E-state index < -0.39 is 10.0 Å². The lowest BCUT2D eigenvalue weighted by Crippen LogP contribution is -2.32. The molecule has 0 saturated heterocycles. The largest absolute Gasteiger partial charge is 0.358 e. The Balaban J connectivity index is 1.62. The molecular weight excluding hydrogens is 332 g/mol. The summed E-state index contributed by atoms with van der Waals surface area (Å²) in [4.78, 5) is 3.75. The van der Waals surface area contributed by atoms with Gasteiger partial charge in [0.05, 0.1) is 4.90 Å². The number of nitrogens with one attached hydrogen (secondary N) is 2. The topological polar surface area (TPSA) is 62.0 Å². The van der Waals surface area contributed by atoms with Crippen molar-refractivity contribution in [2.45, 2.75) is 37.0 Å². The quantitative estimate of drug-likeness (QED) is 0.732. The van der Waals surface area contributed by atoms with E-state index in [9.17, 15) is 8.42 Å². The van der Waals surface area contributed by atoms with Crippen LogP contribution in [0.15, 0.2) is 53.4 Å². The number of sulfonamides is 1. The summed E-state index contributed by atoms with van der Waals surface area (Å²) in [6, 6.07) is 15.2. The number of para-hydroxylation sites is 1. The number of H-pyrrole nitrogens is 1. The van der Waals surface area contributed by atoms with Crippen molar-refractivity contribution in [2.24, 2.45) is 0 Å². The van der Waals surface area contributed by atoms with Gasteiger partial charge in [-0.3, -0.25) is 0 Å². The van der Waals surface area contributed by atoms with Crippen LogP contribution in [0.4, 0.5) is 0 Å². The predicted octanol–water partition coefficient (Wildman–Crippen LogP) is 3.79. The Morgan fingerprint density at radius 3 is 2.40 bits per heavy atom. The number of aromatic nitrogens is 1. The summed E-state index contributed by atoms with van der Waals surface area (Å²) < 4.78 is 28.1. The van der Waals surface area contributed by atoms with Crippen LogP contribution in [-0.4, -0.2) is 19.9 Å². The summed E-state index contributed by atoms with van der Waals surface area (Å²) in [6.07, 6.45) is 2.01. The molecule has 1 heterocycles. The van der Waals surface area contributed by atoms with E-state index in [2.05, 4.69) is 28.8 Å². The van der Waals surface area contributed by atoms with Crippen molar-refractivity contribution in [3.63, 3.8) is 0 Å². The minimum absolute atomic E-state index is 0.0958. The lowest BCUT2D eigenvalue weighted by molar-refractivity contribution is 0.567. The average molecular weight is 354 g/mol. The zero-order valence-corrected chi connectivity index (χ0v) is 15.3. The minimum Gasteiger partial charge on any atom is -0.358 e. The van der Waals surface area contributed by atoms with E-state index in [4.69, 9.17) is 0 Å². The van der Waals surface area contributed by atoms with Crippen molar-refractivity contribution in [1.29, 1.82) is 0 Å². The molecule has 0 aliphatic heterocycles. The molecule has 1 aliphatic rings. The molecular formula is C20H22N2O2S. The Kier molecular flexibility index (Phi) is 3.74. The minimum atomic E-state index is -3.49. The molecule has 130 valence electrons. The van der Waals surface area contributed by atoms with Gasteiger partial charge in [-0.05, 0) is 50.5 Å². The van der Waals surface area contributed by atoms with E-state index >= 15 is 0 Å². The van der Waals surface area contributed by atoms with Gasteiger partial charge in [0.2, 0.25) is 10.0 Å². The molecule has 0 radical (unpaired) electrons. The first kappa shape index (κ1) is 16.4. The van der Waals surface area contributed by atoms with Crippen molar-refractivity contribution in [3.8, 4) is 0 Å². The molecule has 2 N–H and O–H groups in total. The fourth-order valence-electron chi connectivity index (χ4n) is 3.66. The number of rotatable bonds is 5. The Bertz CT molecular complexity index is 1030. The summed E-state index contributed by atoms with van der Waals surface area (Å²) in [5.41, 5.74) is 4.46. The van der Waals surface area contributed by atoms with Gasteiger partial charge >= 0.3 is 0 Å². The van der Waals surface area contributed by atoms with Crippen molar-refractivity contribution in [2.75, 3.05) is 6.54 Å². The zero-order valence-electron chi connectivity index (χ0n) is 14.5. The highest BCUT2D eigenvalue weighted by Gasteiger charge is 2.47. The van der Waals surface area contributed by atoms with Crippen molar-refractivity contribution >= 4 is 20.9 Å². The third-order valence-corrected chi connectivity index (χ3v) is 6.63. The zero-order chi connectivity index (χ0) is 17.7. The van der Waals surface area contributed by atoms with Crippen LogP contribution in [0, 0.1) is 13.8 Å².